The fraction of sp³-hybridized carbons (Fsp3) is 0.609. The van der Waals surface area contributed by atoms with Crippen molar-refractivity contribution in [3.8, 4) is 0 Å². The molecule has 6 nitrogen and oxygen atoms in total. The second-order valence-electron chi connectivity index (χ2n) is 8.16. The van der Waals surface area contributed by atoms with Crippen molar-refractivity contribution in [2.75, 3.05) is 0 Å². The zero-order valence-electron chi connectivity index (χ0n) is 18.0. The number of unbranched alkanes of at least 4 members (excludes halogenated alkanes) is 1. The summed E-state index contributed by atoms with van der Waals surface area (Å²) in [5, 5.41) is 0. The van der Waals surface area contributed by atoms with Crippen LogP contribution in [0.25, 0.3) is 0 Å². The Balaban J connectivity index is 2.22. The van der Waals surface area contributed by atoms with E-state index in [0.717, 1.165) is 18.4 Å². The molecule has 5 atom stereocenters. The van der Waals surface area contributed by atoms with Crippen LogP contribution in [0.4, 0.5) is 0 Å². The van der Waals surface area contributed by atoms with Crippen molar-refractivity contribution >= 4 is 17.7 Å². The molecule has 6 heteroatoms. The standard InChI is InChI=1S/C23H32O6/c1-7-8-9-10-20(25)28-18(12-11-14(2)3)15(4)17-13-19-23(6,29-19)22(26)21(17)27-16(5)24/h9-11,17-19,21H,4,7-8,12-13H2,1-3,5-6H3/b10-9-/t17-,18+,19-,21-,23-/m1/s1. The summed E-state index contributed by atoms with van der Waals surface area (Å²) in [5.74, 6) is -1.71. The van der Waals surface area contributed by atoms with E-state index in [2.05, 4.69) is 6.58 Å². The van der Waals surface area contributed by atoms with Gasteiger partial charge < -0.3 is 14.2 Å². The van der Waals surface area contributed by atoms with Gasteiger partial charge in [-0.3, -0.25) is 9.59 Å². The van der Waals surface area contributed by atoms with Gasteiger partial charge in [0, 0.05) is 25.3 Å². The number of ketones is 1. The van der Waals surface area contributed by atoms with Crippen LogP contribution in [-0.4, -0.2) is 41.6 Å². The summed E-state index contributed by atoms with van der Waals surface area (Å²) in [6.07, 6.45) is 5.98. The van der Waals surface area contributed by atoms with E-state index in [-0.39, 0.29) is 11.9 Å². The van der Waals surface area contributed by atoms with Gasteiger partial charge >= 0.3 is 11.9 Å². The summed E-state index contributed by atoms with van der Waals surface area (Å²) in [5.41, 5.74) is 0.748. The molecule has 1 saturated carbocycles. The number of fused-ring (bicyclic) bond motifs is 1. The van der Waals surface area contributed by atoms with Crippen molar-refractivity contribution in [1.29, 1.82) is 0 Å². The van der Waals surface area contributed by atoms with Gasteiger partial charge in [0.2, 0.25) is 5.78 Å². The molecule has 0 unspecified atom stereocenters. The fourth-order valence-electron chi connectivity index (χ4n) is 3.61. The number of carbonyl (C=O) groups excluding carboxylic acids is 3. The average molecular weight is 405 g/mol. The molecule has 1 saturated heterocycles. The highest BCUT2D eigenvalue weighted by atomic mass is 16.6. The third kappa shape index (κ3) is 5.66. The topological polar surface area (TPSA) is 82.2 Å². The molecule has 0 N–H and O–H groups in total. The zero-order chi connectivity index (χ0) is 21.8. The van der Waals surface area contributed by atoms with E-state index in [0.29, 0.717) is 18.4 Å². The second-order valence-corrected chi connectivity index (χ2v) is 8.16. The molecule has 0 aromatic heterocycles. The number of hydrogen-bond acceptors (Lipinski definition) is 6. The van der Waals surface area contributed by atoms with Crippen molar-refractivity contribution < 1.29 is 28.6 Å². The fourth-order valence-corrected chi connectivity index (χ4v) is 3.61. The maximum Gasteiger partial charge on any atom is 0.331 e. The number of hydrogen-bond donors (Lipinski definition) is 0. The SMILES string of the molecule is C=C([C@H](CC=C(C)C)OC(=O)/C=C\CCC)[C@H]1C[C@H]2O[C@@]2(C)C(=O)[C@@H]1OC(C)=O. The molecule has 2 rings (SSSR count). The Kier molecular flexibility index (Phi) is 7.58. The van der Waals surface area contributed by atoms with Gasteiger partial charge in [0.15, 0.2) is 11.7 Å². The Morgan fingerprint density at radius 2 is 2.03 bits per heavy atom. The normalized spacial score (nSPS) is 29.0. The molecule has 1 aliphatic carbocycles. The summed E-state index contributed by atoms with van der Waals surface area (Å²) >= 11 is 0. The molecule has 0 radical (unpaired) electrons. The lowest BCUT2D eigenvalue weighted by Gasteiger charge is -2.34. The summed E-state index contributed by atoms with van der Waals surface area (Å²) in [7, 11) is 0. The Morgan fingerprint density at radius 1 is 1.34 bits per heavy atom. The minimum Gasteiger partial charge on any atom is -0.454 e. The maximum atomic E-state index is 12.9. The molecule has 0 aromatic rings. The molecule has 160 valence electrons. The van der Waals surface area contributed by atoms with Crippen LogP contribution < -0.4 is 0 Å². The molecular weight excluding hydrogens is 372 g/mol. The van der Waals surface area contributed by atoms with Gasteiger partial charge in [-0.15, -0.1) is 0 Å². The molecule has 0 spiro atoms. The zero-order valence-corrected chi connectivity index (χ0v) is 18.0. The highest BCUT2D eigenvalue weighted by Crippen LogP contribution is 2.50. The van der Waals surface area contributed by atoms with E-state index < -0.39 is 35.7 Å². The van der Waals surface area contributed by atoms with Crippen LogP contribution in [0.1, 0.15) is 60.3 Å². The smallest absolute Gasteiger partial charge is 0.331 e. The first-order valence-corrected chi connectivity index (χ1v) is 10.2. The van der Waals surface area contributed by atoms with Gasteiger partial charge in [-0.25, -0.2) is 4.79 Å². The molecule has 0 bridgehead atoms. The first-order chi connectivity index (χ1) is 13.6. The van der Waals surface area contributed by atoms with E-state index in [1.54, 1.807) is 13.0 Å². The van der Waals surface area contributed by atoms with Gasteiger partial charge in [-0.2, -0.15) is 0 Å². The monoisotopic (exact) mass is 404 g/mol. The molecular formula is C23H32O6. The lowest BCUT2D eigenvalue weighted by atomic mass is 9.74. The van der Waals surface area contributed by atoms with Crippen LogP contribution in [0.15, 0.2) is 36.0 Å². The van der Waals surface area contributed by atoms with Crippen LogP contribution in [0, 0.1) is 5.92 Å². The van der Waals surface area contributed by atoms with Crippen LogP contribution in [0.3, 0.4) is 0 Å². The predicted octanol–water partition coefficient (Wildman–Crippen LogP) is 3.85. The second kappa shape index (κ2) is 9.53. The third-order valence-corrected chi connectivity index (χ3v) is 5.42. The molecule has 29 heavy (non-hydrogen) atoms. The number of carbonyl (C=O) groups is 3. The van der Waals surface area contributed by atoms with Crippen LogP contribution in [0.5, 0.6) is 0 Å². The number of epoxide rings is 1. The Hall–Kier alpha value is -2.21. The number of esters is 2. The van der Waals surface area contributed by atoms with Crippen molar-refractivity contribution in [3.05, 3.63) is 36.0 Å². The van der Waals surface area contributed by atoms with Crippen molar-refractivity contribution in [1.82, 2.24) is 0 Å². The van der Waals surface area contributed by atoms with E-state index in [9.17, 15) is 14.4 Å². The minimum atomic E-state index is -0.979. The third-order valence-electron chi connectivity index (χ3n) is 5.42. The summed E-state index contributed by atoms with van der Waals surface area (Å²) in [6, 6.07) is 0. The van der Waals surface area contributed by atoms with Gasteiger partial charge in [-0.1, -0.05) is 37.6 Å². The number of Topliss-reactive ketones (excluding diaryl/α,β-unsaturated/α-hetero) is 1. The molecule has 1 aliphatic heterocycles. The average Bonchev–Trinajstić information content (AvgIpc) is 3.32. The summed E-state index contributed by atoms with van der Waals surface area (Å²) in [4.78, 5) is 36.7. The van der Waals surface area contributed by atoms with E-state index in [1.165, 1.54) is 13.0 Å². The highest BCUT2D eigenvalue weighted by molar-refractivity contribution is 5.96. The summed E-state index contributed by atoms with van der Waals surface area (Å²) < 4.78 is 16.6. The van der Waals surface area contributed by atoms with Crippen molar-refractivity contribution in [2.24, 2.45) is 5.92 Å². The quantitative estimate of drug-likeness (QED) is 0.251. The van der Waals surface area contributed by atoms with E-state index >= 15 is 0 Å². The number of ether oxygens (including phenoxy) is 3. The maximum absolute atomic E-state index is 12.9. The van der Waals surface area contributed by atoms with Crippen LogP contribution in [0.2, 0.25) is 0 Å². The Labute approximate surface area is 173 Å². The predicted molar refractivity (Wildman–Crippen MR) is 109 cm³/mol. The molecule has 1 heterocycles. The largest absolute Gasteiger partial charge is 0.454 e. The molecule has 0 aromatic carbocycles. The lowest BCUT2D eigenvalue weighted by Crippen LogP contribution is -2.48. The van der Waals surface area contributed by atoms with Gasteiger partial charge in [0.05, 0.1) is 6.10 Å². The van der Waals surface area contributed by atoms with E-state index in [1.807, 2.05) is 26.8 Å². The Morgan fingerprint density at radius 3 is 2.62 bits per heavy atom. The van der Waals surface area contributed by atoms with Crippen LogP contribution >= 0.6 is 0 Å². The van der Waals surface area contributed by atoms with Gasteiger partial charge in [0.25, 0.3) is 0 Å². The minimum absolute atomic E-state index is 0.229. The number of allylic oxidation sites excluding steroid dienone is 2. The van der Waals surface area contributed by atoms with Crippen molar-refractivity contribution in [2.45, 2.75) is 84.2 Å². The molecule has 2 fully saturated rings. The molecule has 2 aliphatic rings. The first kappa shape index (κ1) is 23.1. The summed E-state index contributed by atoms with van der Waals surface area (Å²) in [6.45, 7) is 13.1. The van der Waals surface area contributed by atoms with Crippen LogP contribution in [-0.2, 0) is 28.6 Å². The lowest BCUT2D eigenvalue weighted by molar-refractivity contribution is -0.159. The Bertz CT molecular complexity index is 730. The first-order valence-electron chi connectivity index (χ1n) is 10.2. The number of rotatable bonds is 9. The van der Waals surface area contributed by atoms with Crippen molar-refractivity contribution in [3.63, 3.8) is 0 Å². The molecule has 0 amide bonds. The van der Waals surface area contributed by atoms with Gasteiger partial charge in [-0.05, 0) is 39.2 Å². The van der Waals surface area contributed by atoms with Gasteiger partial charge in [0.1, 0.15) is 6.10 Å². The van der Waals surface area contributed by atoms with E-state index in [4.69, 9.17) is 14.2 Å². The highest BCUT2D eigenvalue weighted by Gasteiger charge is 2.66.